The van der Waals surface area contributed by atoms with Crippen LogP contribution in [0, 0.1) is 0 Å². The van der Waals surface area contributed by atoms with Crippen molar-refractivity contribution in [3.8, 4) is 0 Å². The highest BCUT2D eigenvalue weighted by molar-refractivity contribution is 7.89. The molecule has 0 aliphatic carbocycles. The van der Waals surface area contributed by atoms with E-state index in [2.05, 4.69) is 4.72 Å². The predicted molar refractivity (Wildman–Crippen MR) is 103 cm³/mol. The maximum atomic E-state index is 12.6. The van der Waals surface area contributed by atoms with Gasteiger partial charge in [0.15, 0.2) is 0 Å². The van der Waals surface area contributed by atoms with Crippen molar-refractivity contribution in [3.63, 3.8) is 0 Å². The van der Waals surface area contributed by atoms with Crippen molar-refractivity contribution < 1.29 is 26.3 Å². The van der Waals surface area contributed by atoms with E-state index in [9.17, 15) is 16.8 Å². The van der Waals surface area contributed by atoms with Crippen LogP contribution in [0.4, 0.5) is 0 Å². The molecule has 0 unspecified atom stereocenters. The molecule has 0 bridgehead atoms. The van der Waals surface area contributed by atoms with Crippen LogP contribution in [0.15, 0.2) is 29.2 Å². The topological polar surface area (TPSA) is 105 Å². The molecule has 0 spiro atoms. The van der Waals surface area contributed by atoms with Crippen molar-refractivity contribution in [2.45, 2.75) is 37.5 Å². The highest BCUT2D eigenvalue weighted by atomic mass is 32.2. The van der Waals surface area contributed by atoms with E-state index in [-0.39, 0.29) is 23.6 Å². The molecule has 28 heavy (non-hydrogen) atoms. The Morgan fingerprint density at radius 3 is 2.11 bits per heavy atom. The lowest BCUT2D eigenvalue weighted by atomic mass is 10.2. The van der Waals surface area contributed by atoms with Crippen molar-refractivity contribution in [1.29, 1.82) is 0 Å². The minimum atomic E-state index is -3.64. The number of benzene rings is 1. The third kappa shape index (κ3) is 5.09. The average Bonchev–Trinajstić information content (AvgIpc) is 2.67. The van der Waals surface area contributed by atoms with Crippen LogP contribution < -0.4 is 4.72 Å². The lowest BCUT2D eigenvalue weighted by Crippen LogP contribution is -2.51. The third-order valence-electron chi connectivity index (χ3n) is 4.72. The summed E-state index contributed by atoms with van der Waals surface area (Å²) in [6.07, 6.45) is -0.324. The summed E-state index contributed by atoms with van der Waals surface area (Å²) in [4.78, 5) is 0.192. The lowest BCUT2D eigenvalue weighted by molar-refractivity contribution is -0.0444. The Balaban J connectivity index is 1.62. The zero-order chi connectivity index (χ0) is 20.4. The second-order valence-corrected chi connectivity index (χ2v) is 10.8. The minimum Gasteiger partial charge on any atom is -0.379 e. The van der Waals surface area contributed by atoms with Crippen LogP contribution in [-0.4, -0.2) is 77.0 Å². The SMILES string of the molecule is C[C@H]1CN(S(=O)(=O)NCc2ccc(S(=O)(=O)N3CCOCC3)cc2)C[C@H](C)O1. The first kappa shape index (κ1) is 21.6. The second kappa shape index (κ2) is 8.74. The Hall–Kier alpha value is -1.08. The number of hydrogen-bond donors (Lipinski definition) is 1. The molecule has 0 saturated carbocycles. The molecule has 2 saturated heterocycles. The summed E-state index contributed by atoms with van der Waals surface area (Å²) in [5.74, 6) is 0. The fourth-order valence-electron chi connectivity index (χ4n) is 3.31. The first-order valence-corrected chi connectivity index (χ1v) is 12.1. The molecular formula is C17H27N3O6S2. The number of nitrogens with zero attached hydrogens (tertiary/aromatic N) is 2. The molecule has 0 amide bonds. The zero-order valence-corrected chi connectivity index (χ0v) is 17.7. The van der Waals surface area contributed by atoms with E-state index in [4.69, 9.17) is 9.47 Å². The Labute approximate surface area is 166 Å². The van der Waals surface area contributed by atoms with Crippen LogP contribution in [0.2, 0.25) is 0 Å². The summed E-state index contributed by atoms with van der Waals surface area (Å²) < 4.78 is 66.4. The molecule has 2 aliphatic rings. The molecule has 2 fully saturated rings. The number of nitrogens with one attached hydrogen (secondary N) is 1. The number of sulfonamides is 1. The molecular weight excluding hydrogens is 406 g/mol. The number of ether oxygens (including phenoxy) is 2. The second-order valence-electron chi connectivity index (χ2n) is 7.06. The molecule has 1 aromatic rings. The van der Waals surface area contributed by atoms with Gasteiger partial charge in [0.05, 0.1) is 30.3 Å². The fraction of sp³-hybridized carbons (Fsp3) is 0.647. The van der Waals surface area contributed by atoms with Crippen molar-refractivity contribution in [2.24, 2.45) is 0 Å². The first-order chi connectivity index (χ1) is 13.2. The van der Waals surface area contributed by atoms with Gasteiger partial charge in [-0.2, -0.15) is 21.8 Å². The molecule has 2 heterocycles. The smallest absolute Gasteiger partial charge is 0.279 e. The minimum absolute atomic E-state index is 0.0837. The van der Waals surface area contributed by atoms with Crippen molar-refractivity contribution >= 4 is 20.2 Å². The van der Waals surface area contributed by atoms with E-state index in [0.717, 1.165) is 0 Å². The van der Waals surface area contributed by atoms with E-state index < -0.39 is 20.2 Å². The number of morpholine rings is 2. The van der Waals surface area contributed by atoms with Gasteiger partial charge in [0.1, 0.15) is 0 Å². The van der Waals surface area contributed by atoms with E-state index >= 15 is 0 Å². The molecule has 1 N–H and O–H groups in total. The predicted octanol–water partition coefficient (Wildman–Crippen LogP) is 0.151. The van der Waals surface area contributed by atoms with Crippen LogP contribution in [-0.2, 0) is 36.3 Å². The van der Waals surface area contributed by atoms with E-state index in [1.54, 1.807) is 12.1 Å². The number of hydrogen-bond acceptors (Lipinski definition) is 6. The fourth-order valence-corrected chi connectivity index (χ4v) is 6.06. The van der Waals surface area contributed by atoms with Crippen molar-refractivity contribution in [1.82, 2.24) is 13.3 Å². The third-order valence-corrected chi connectivity index (χ3v) is 8.12. The first-order valence-electron chi connectivity index (χ1n) is 9.25. The van der Waals surface area contributed by atoms with Gasteiger partial charge in [-0.25, -0.2) is 8.42 Å². The molecule has 2 aliphatic heterocycles. The number of rotatable bonds is 6. The molecule has 3 rings (SSSR count). The Bertz CT molecular complexity index is 857. The largest absolute Gasteiger partial charge is 0.379 e. The van der Waals surface area contributed by atoms with Crippen LogP contribution in [0.1, 0.15) is 19.4 Å². The van der Waals surface area contributed by atoms with Gasteiger partial charge in [-0.3, -0.25) is 0 Å². The van der Waals surface area contributed by atoms with Gasteiger partial charge >= 0.3 is 0 Å². The maximum Gasteiger partial charge on any atom is 0.279 e. The van der Waals surface area contributed by atoms with Gasteiger partial charge in [0, 0.05) is 32.7 Å². The molecule has 2 atom stereocenters. The normalized spacial score (nSPS) is 25.6. The highest BCUT2D eigenvalue weighted by Gasteiger charge is 2.31. The maximum absolute atomic E-state index is 12.6. The van der Waals surface area contributed by atoms with Gasteiger partial charge in [0.2, 0.25) is 10.0 Å². The summed E-state index contributed by atoms with van der Waals surface area (Å²) in [5, 5.41) is 0. The van der Waals surface area contributed by atoms with E-state index in [1.165, 1.54) is 20.7 Å². The van der Waals surface area contributed by atoms with Gasteiger partial charge in [0.25, 0.3) is 10.2 Å². The van der Waals surface area contributed by atoms with Crippen LogP contribution in [0.3, 0.4) is 0 Å². The van der Waals surface area contributed by atoms with Crippen LogP contribution in [0.5, 0.6) is 0 Å². The highest BCUT2D eigenvalue weighted by Crippen LogP contribution is 2.18. The molecule has 9 nitrogen and oxygen atoms in total. The zero-order valence-electron chi connectivity index (χ0n) is 16.1. The monoisotopic (exact) mass is 433 g/mol. The van der Waals surface area contributed by atoms with Gasteiger partial charge in [-0.05, 0) is 31.5 Å². The molecule has 158 valence electrons. The molecule has 0 radical (unpaired) electrons. The Morgan fingerprint density at radius 1 is 0.964 bits per heavy atom. The van der Waals surface area contributed by atoms with Crippen LogP contribution >= 0.6 is 0 Å². The molecule has 1 aromatic carbocycles. The lowest BCUT2D eigenvalue weighted by Gasteiger charge is -2.34. The summed E-state index contributed by atoms with van der Waals surface area (Å²) in [6, 6.07) is 6.27. The summed E-state index contributed by atoms with van der Waals surface area (Å²) >= 11 is 0. The standard InChI is InChI=1S/C17H27N3O6S2/c1-14-12-20(13-15(2)26-14)28(23,24)18-11-16-3-5-17(6-4-16)27(21,22)19-7-9-25-10-8-19/h3-6,14-15,18H,7-13H2,1-2H3/t14-,15-/m0/s1. The van der Waals surface area contributed by atoms with Gasteiger partial charge in [-0.1, -0.05) is 12.1 Å². The molecule has 0 aromatic heterocycles. The van der Waals surface area contributed by atoms with Crippen molar-refractivity contribution in [3.05, 3.63) is 29.8 Å². The van der Waals surface area contributed by atoms with Gasteiger partial charge in [-0.15, -0.1) is 0 Å². The summed E-state index contributed by atoms with van der Waals surface area (Å²) in [5.41, 5.74) is 0.679. The Kier molecular flexibility index (Phi) is 6.75. The quantitative estimate of drug-likeness (QED) is 0.685. The van der Waals surface area contributed by atoms with Crippen LogP contribution in [0.25, 0.3) is 0 Å². The average molecular weight is 434 g/mol. The summed E-state index contributed by atoms with van der Waals surface area (Å²) in [6.45, 7) is 5.81. The van der Waals surface area contributed by atoms with E-state index in [1.807, 2.05) is 13.8 Å². The van der Waals surface area contributed by atoms with Crippen molar-refractivity contribution in [2.75, 3.05) is 39.4 Å². The Morgan fingerprint density at radius 2 is 1.54 bits per heavy atom. The molecule has 11 heteroatoms. The van der Waals surface area contributed by atoms with E-state index in [0.29, 0.717) is 45.0 Å². The van der Waals surface area contributed by atoms with Gasteiger partial charge < -0.3 is 9.47 Å². The summed E-state index contributed by atoms with van der Waals surface area (Å²) in [7, 11) is -7.20.